The van der Waals surface area contributed by atoms with Crippen LogP contribution in [0.2, 0.25) is 0 Å². The smallest absolute Gasteiger partial charge is 0.263 e. The Kier molecular flexibility index (Phi) is 7.23. The van der Waals surface area contributed by atoms with E-state index in [0.717, 1.165) is 11.2 Å². The lowest BCUT2D eigenvalue weighted by Gasteiger charge is -2.25. The predicted octanol–water partition coefficient (Wildman–Crippen LogP) is -0.464. The molecule has 2 aromatic rings. The number of benzene rings is 1. The number of likely N-dealkylation sites (tertiary alicyclic amines) is 1. The molecular weight excluding hydrogens is 418 g/mol. The van der Waals surface area contributed by atoms with Crippen LogP contribution < -0.4 is 22.6 Å². The van der Waals surface area contributed by atoms with Gasteiger partial charge in [0.15, 0.2) is 0 Å². The minimum atomic E-state index is -1.12. The van der Waals surface area contributed by atoms with Crippen LogP contribution in [0, 0.1) is 0 Å². The van der Waals surface area contributed by atoms with Gasteiger partial charge < -0.3 is 26.5 Å². The molecule has 1 aromatic carbocycles. The fraction of sp³-hybridized carbons (Fsp3) is 0.429. The van der Waals surface area contributed by atoms with Crippen molar-refractivity contribution in [1.29, 1.82) is 0 Å². The quantitative estimate of drug-likeness (QED) is 0.238. The van der Waals surface area contributed by atoms with Crippen LogP contribution in [0.5, 0.6) is 0 Å². The fourth-order valence-electron chi connectivity index (χ4n) is 3.85. The second kappa shape index (κ2) is 9.90. The number of nitrogens with two attached hydrogens (primary N) is 3. The number of carbonyl (C=O) groups is 3. The van der Waals surface area contributed by atoms with Crippen molar-refractivity contribution in [3.63, 3.8) is 0 Å². The van der Waals surface area contributed by atoms with Crippen molar-refractivity contribution in [1.82, 2.24) is 9.96 Å². The molecule has 0 unspecified atom stereocenters. The molecule has 11 nitrogen and oxygen atoms in total. The van der Waals surface area contributed by atoms with Gasteiger partial charge in [-0.2, -0.15) is 0 Å². The summed E-state index contributed by atoms with van der Waals surface area (Å²) in [6.45, 7) is 0.267. The van der Waals surface area contributed by atoms with Crippen molar-refractivity contribution in [2.45, 2.75) is 43.8 Å². The maximum atomic E-state index is 13.1. The zero-order valence-corrected chi connectivity index (χ0v) is 17.5. The van der Waals surface area contributed by atoms with Crippen molar-refractivity contribution in [2.75, 3.05) is 13.1 Å². The zero-order valence-electron chi connectivity index (χ0n) is 17.5. The van der Waals surface area contributed by atoms with Crippen LogP contribution in [0.3, 0.4) is 0 Å². The van der Waals surface area contributed by atoms with Crippen molar-refractivity contribution >= 4 is 28.7 Å². The van der Waals surface area contributed by atoms with Crippen molar-refractivity contribution < 1.29 is 24.0 Å². The SMILES string of the molecule is NCCCC[C@H](N)C(=O)N(O)[C@H]1C[C@@H](C(N)=O)N(C(=O)c2coc3ccccc3c2=O)C1. The molecule has 3 rings (SSSR count). The van der Waals surface area contributed by atoms with E-state index in [9.17, 15) is 24.4 Å². The summed E-state index contributed by atoms with van der Waals surface area (Å²) in [4.78, 5) is 51.4. The lowest BCUT2D eigenvalue weighted by Crippen LogP contribution is -2.48. The predicted molar refractivity (Wildman–Crippen MR) is 114 cm³/mol. The minimum Gasteiger partial charge on any atom is -0.463 e. The van der Waals surface area contributed by atoms with Gasteiger partial charge in [-0.1, -0.05) is 18.6 Å². The maximum Gasteiger partial charge on any atom is 0.263 e. The molecule has 11 heteroatoms. The molecule has 2 heterocycles. The van der Waals surface area contributed by atoms with E-state index in [1.54, 1.807) is 18.2 Å². The molecule has 1 saturated heterocycles. The molecule has 1 aliphatic heterocycles. The Labute approximate surface area is 183 Å². The minimum absolute atomic E-state index is 0.0856. The van der Waals surface area contributed by atoms with E-state index in [2.05, 4.69) is 0 Å². The summed E-state index contributed by atoms with van der Waals surface area (Å²) in [5.74, 6) is -2.32. The highest BCUT2D eigenvalue weighted by atomic mass is 16.5. The van der Waals surface area contributed by atoms with Crippen LogP contribution in [0.15, 0.2) is 39.7 Å². The molecule has 0 bridgehead atoms. The number of hydrogen-bond acceptors (Lipinski definition) is 8. The Morgan fingerprint density at radius 1 is 1.25 bits per heavy atom. The molecule has 172 valence electrons. The van der Waals surface area contributed by atoms with Crippen LogP contribution in [0.4, 0.5) is 0 Å². The number of para-hydroxylation sites is 1. The average Bonchev–Trinajstić information content (AvgIpc) is 3.24. The summed E-state index contributed by atoms with van der Waals surface area (Å²) in [7, 11) is 0. The van der Waals surface area contributed by atoms with E-state index in [1.807, 2.05) is 0 Å². The highest BCUT2D eigenvalue weighted by Crippen LogP contribution is 2.24. The molecule has 0 radical (unpaired) electrons. The zero-order chi connectivity index (χ0) is 23.4. The Morgan fingerprint density at radius 3 is 2.66 bits per heavy atom. The summed E-state index contributed by atoms with van der Waals surface area (Å²) in [5, 5.41) is 11.1. The van der Waals surface area contributed by atoms with Crippen molar-refractivity contribution in [2.24, 2.45) is 17.2 Å². The first-order valence-electron chi connectivity index (χ1n) is 10.3. The van der Waals surface area contributed by atoms with Gasteiger partial charge in [0.1, 0.15) is 23.5 Å². The number of primary amides is 1. The molecule has 0 aliphatic carbocycles. The monoisotopic (exact) mass is 445 g/mol. The Hall–Kier alpha value is -3.28. The standard InChI is InChI=1S/C21H27N5O6/c22-8-4-3-6-15(23)21(30)26(31)12-9-16(19(24)28)25(10-12)20(29)14-11-32-17-7-2-1-5-13(17)18(14)27/h1-2,5,7,11-12,15-16,31H,3-4,6,8-10,22-23H2,(H2,24,28)/t12-,15-,16-/m0/s1. The van der Waals surface area contributed by atoms with Gasteiger partial charge in [0.25, 0.3) is 11.8 Å². The van der Waals surface area contributed by atoms with Crippen LogP contribution in [0.25, 0.3) is 11.0 Å². The first kappa shape index (κ1) is 23.4. The number of amides is 3. The highest BCUT2D eigenvalue weighted by Gasteiger charge is 2.43. The van der Waals surface area contributed by atoms with Crippen LogP contribution in [-0.2, 0) is 9.59 Å². The molecule has 3 atom stereocenters. The topological polar surface area (TPSA) is 186 Å². The second-order valence-corrected chi connectivity index (χ2v) is 7.81. The van der Waals surface area contributed by atoms with E-state index in [4.69, 9.17) is 21.6 Å². The van der Waals surface area contributed by atoms with Crippen molar-refractivity contribution in [3.8, 4) is 0 Å². The molecule has 7 N–H and O–H groups in total. The Morgan fingerprint density at radius 2 is 1.97 bits per heavy atom. The molecule has 1 fully saturated rings. The van der Waals surface area contributed by atoms with Crippen molar-refractivity contribution in [3.05, 3.63) is 46.3 Å². The van der Waals surface area contributed by atoms with E-state index in [1.165, 1.54) is 6.07 Å². The van der Waals surface area contributed by atoms with Gasteiger partial charge in [-0.25, -0.2) is 5.06 Å². The molecule has 3 amide bonds. The van der Waals surface area contributed by atoms with E-state index in [-0.39, 0.29) is 23.9 Å². The molecule has 1 aliphatic rings. The van der Waals surface area contributed by atoms with Gasteiger partial charge in [-0.05, 0) is 31.5 Å². The van der Waals surface area contributed by atoms with Gasteiger partial charge in [-0.15, -0.1) is 0 Å². The molecule has 1 aromatic heterocycles. The molecule has 0 saturated carbocycles. The van der Waals surface area contributed by atoms with E-state index < -0.39 is 41.3 Å². The number of fused-ring (bicyclic) bond motifs is 1. The van der Waals surface area contributed by atoms with Gasteiger partial charge in [0.05, 0.1) is 17.5 Å². The van der Waals surface area contributed by atoms with Gasteiger partial charge >= 0.3 is 0 Å². The first-order valence-corrected chi connectivity index (χ1v) is 10.3. The number of hydrogen-bond donors (Lipinski definition) is 4. The Balaban J connectivity index is 1.80. The van der Waals surface area contributed by atoms with Crippen LogP contribution in [0.1, 0.15) is 36.0 Å². The lowest BCUT2D eigenvalue weighted by molar-refractivity contribution is -0.176. The lowest BCUT2D eigenvalue weighted by atomic mass is 10.1. The third kappa shape index (κ3) is 4.64. The summed E-state index contributed by atoms with van der Waals surface area (Å²) in [6.07, 6.45) is 2.59. The molecule has 0 spiro atoms. The number of nitrogens with zero attached hydrogens (tertiary/aromatic N) is 2. The summed E-state index contributed by atoms with van der Waals surface area (Å²) in [5.41, 5.74) is 16.2. The third-order valence-electron chi connectivity index (χ3n) is 5.64. The van der Waals surface area contributed by atoms with E-state index in [0.29, 0.717) is 36.5 Å². The van der Waals surface area contributed by atoms with Crippen LogP contribution in [-0.4, -0.2) is 64.1 Å². The number of rotatable bonds is 8. The summed E-state index contributed by atoms with van der Waals surface area (Å²) >= 11 is 0. The summed E-state index contributed by atoms with van der Waals surface area (Å²) < 4.78 is 5.39. The first-order chi connectivity index (χ1) is 15.3. The third-order valence-corrected chi connectivity index (χ3v) is 5.64. The van der Waals surface area contributed by atoms with Gasteiger partial charge in [0, 0.05) is 13.0 Å². The number of hydroxylamine groups is 2. The largest absolute Gasteiger partial charge is 0.463 e. The summed E-state index contributed by atoms with van der Waals surface area (Å²) in [6, 6.07) is 3.47. The van der Waals surface area contributed by atoms with Gasteiger partial charge in [0.2, 0.25) is 11.3 Å². The van der Waals surface area contributed by atoms with Crippen LogP contribution >= 0.6 is 0 Å². The highest BCUT2D eigenvalue weighted by molar-refractivity contribution is 5.99. The van der Waals surface area contributed by atoms with E-state index >= 15 is 0 Å². The Bertz CT molecular complexity index is 1070. The normalized spacial score (nSPS) is 19.2. The number of unbranched alkanes of at least 4 members (excludes halogenated alkanes) is 1. The van der Waals surface area contributed by atoms with Gasteiger partial charge in [-0.3, -0.25) is 24.4 Å². The molecular formula is C21H27N5O6. The average molecular weight is 445 g/mol. The fourth-order valence-corrected chi connectivity index (χ4v) is 3.85. The molecule has 32 heavy (non-hydrogen) atoms. The second-order valence-electron chi connectivity index (χ2n) is 7.81. The number of carbonyl (C=O) groups excluding carboxylic acids is 3. The maximum absolute atomic E-state index is 13.1.